The molecule has 1 saturated carbocycles. The molecule has 2 atom stereocenters. The minimum absolute atomic E-state index is 0.186. The maximum absolute atomic E-state index is 12.0. The summed E-state index contributed by atoms with van der Waals surface area (Å²) in [5, 5.41) is 0. The second-order valence-corrected chi connectivity index (χ2v) is 6.20. The molecule has 0 radical (unpaired) electrons. The first-order valence-electron chi connectivity index (χ1n) is 6.81. The third-order valence-corrected chi connectivity index (χ3v) is 4.48. The van der Waals surface area contributed by atoms with E-state index in [1.165, 1.54) is 19.3 Å². The molecular weight excluding hydrogens is 246 g/mol. The lowest BCUT2D eigenvalue weighted by Crippen LogP contribution is -2.38. The van der Waals surface area contributed by atoms with Crippen molar-refractivity contribution >= 4 is 23.1 Å². The number of hydrogen-bond donors (Lipinski definition) is 1. The third kappa shape index (κ3) is 3.42. The van der Waals surface area contributed by atoms with E-state index >= 15 is 0 Å². The van der Waals surface area contributed by atoms with Crippen LogP contribution in [0.25, 0.3) is 0 Å². The van der Waals surface area contributed by atoms with E-state index in [0.29, 0.717) is 24.5 Å². The van der Waals surface area contributed by atoms with Crippen molar-refractivity contribution in [2.45, 2.75) is 25.7 Å². The van der Waals surface area contributed by atoms with Gasteiger partial charge in [0.15, 0.2) is 0 Å². The van der Waals surface area contributed by atoms with Crippen LogP contribution in [-0.4, -0.2) is 53.9 Å². The van der Waals surface area contributed by atoms with Crippen molar-refractivity contribution in [2.75, 3.05) is 33.2 Å². The third-order valence-electron chi connectivity index (χ3n) is 4.28. The molecule has 1 heterocycles. The first-order valence-corrected chi connectivity index (χ1v) is 7.21. The Balaban J connectivity index is 1.72. The Morgan fingerprint density at radius 1 is 1.39 bits per heavy atom. The van der Waals surface area contributed by atoms with Crippen LogP contribution in [0.1, 0.15) is 25.7 Å². The lowest BCUT2D eigenvalue weighted by molar-refractivity contribution is -0.130. The molecule has 2 aliphatic rings. The molecule has 0 aromatic rings. The van der Waals surface area contributed by atoms with E-state index in [1.807, 2.05) is 7.05 Å². The molecule has 0 bridgehead atoms. The van der Waals surface area contributed by atoms with Crippen molar-refractivity contribution in [3.05, 3.63) is 0 Å². The van der Waals surface area contributed by atoms with Gasteiger partial charge in [0.1, 0.15) is 0 Å². The van der Waals surface area contributed by atoms with Crippen molar-refractivity contribution in [1.82, 2.24) is 9.80 Å². The van der Waals surface area contributed by atoms with Crippen molar-refractivity contribution < 1.29 is 4.79 Å². The largest absolute Gasteiger partial charge is 0.393 e. The Hall–Kier alpha value is -0.680. The van der Waals surface area contributed by atoms with Gasteiger partial charge in [-0.2, -0.15) is 0 Å². The number of likely N-dealkylation sites (tertiary alicyclic amines) is 1. The molecule has 5 heteroatoms. The normalized spacial score (nSPS) is 27.2. The predicted molar refractivity (Wildman–Crippen MR) is 76.3 cm³/mol. The molecule has 1 saturated heterocycles. The average molecular weight is 269 g/mol. The lowest BCUT2D eigenvalue weighted by atomic mass is 10.0. The zero-order chi connectivity index (χ0) is 13.1. The van der Waals surface area contributed by atoms with Crippen LogP contribution < -0.4 is 5.73 Å². The highest BCUT2D eigenvalue weighted by Crippen LogP contribution is 2.37. The van der Waals surface area contributed by atoms with Gasteiger partial charge in [-0.05, 0) is 24.7 Å². The molecule has 0 aromatic heterocycles. The van der Waals surface area contributed by atoms with E-state index in [9.17, 15) is 4.79 Å². The quantitative estimate of drug-likeness (QED) is 0.752. The van der Waals surface area contributed by atoms with Gasteiger partial charge in [0, 0.05) is 33.1 Å². The summed E-state index contributed by atoms with van der Waals surface area (Å²) in [7, 11) is 1.83. The van der Waals surface area contributed by atoms with Gasteiger partial charge in [-0.25, -0.2) is 0 Å². The Kier molecular flexibility index (Phi) is 4.56. The van der Waals surface area contributed by atoms with Crippen LogP contribution in [0.15, 0.2) is 0 Å². The first-order chi connectivity index (χ1) is 8.56. The summed E-state index contributed by atoms with van der Waals surface area (Å²) >= 11 is 4.83. The van der Waals surface area contributed by atoms with Gasteiger partial charge in [-0.3, -0.25) is 9.69 Å². The van der Waals surface area contributed by atoms with Crippen LogP contribution in [-0.2, 0) is 4.79 Å². The fourth-order valence-electron chi connectivity index (χ4n) is 3.18. The smallest absolute Gasteiger partial charge is 0.236 e. The van der Waals surface area contributed by atoms with Crippen LogP contribution in [0.5, 0.6) is 0 Å². The van der Waals surface area contributed by atoms with Crippen molar-refractivity contribution in [1.29, 1.82) is 0 Å². The van der Waals surface area contributed by atoms with Crippen LogP contribution in [0.4, 0.5) is 0 Å². The number of hydrogen-bond acceptors (Lipinski definition) is 3. The van der Waals surface area contributed by atoms with Crippen molar-refractivity contribution in [3.8, 4) is 0 Å². The van der Waals surface area contributed by atoms with E-state index in [2.05, 4.69) is 4.90 Å². The van der Waals surface area contributed by atoms with E-state index in [4.69, 9.17) is 18.0 Å². The lowest BCUT2D eigenvalue weighted by Gasteiger charge is -2.21. The van der Waals surface area contributed by atoms with E-state index < -0.39 is 0 Å². The van der Waals surface area contributed by atoms with Crippen LogP contribution >= 0.6 is 12.2 Å². The van der Waals surface area contributed by atoms with Gasteiger partial charge in [0.05, 0.1) is 11.5 Å². The summed E-state index contributed by atoms with van der Waals surface area (Å²) < 4.78 is 0. The van der Waals surface area contributed by atoms with Gasteiger partial charge < -0.3 is 10.6 Å². The number of carbonyl (C=O) groups excluding carboxylic acids is 1. The molecule has 2 fully saturated rings. The number of rotatable bonds is 5. The fourth-order valence-corrected chi connectivity index (χ4v) is 3.27. The molecular formula is C13H23N3OS. The van der Waals surface area contributed by atoms with Gasteiger partial charge in [0.25, 0.3) is 0 Å². The minimum atomic E-state index is 0.186. The summed E-state index contributed by atoms with van der Waals surface area (Å²) in [6.45, 7) is 3.41. The van der Waals surface area contributed by atoms with Crippen molar-refractivity contribution in [2.24, 2.45) is 17.6 Å². The van der Waals surface area contributed by atoms with Gasteiger partial charge in [-0.15, -0.1) is 0 Å². The molecule has 2 unspecified atom stereocenters. The number of likely N-dealkylation sites (N-methyl/N-ethyl adjacent to an activating group) is 1. The minimum Gasteiger partial charge on any atom is -0.393 e. The Labute approximate surface area is 114 Å². The second-order valence-electron chi connectivity index (χ2n) is 5.68. The number of nitrogens with zero attached hydrogens (tertiary/aromatic N) is 2. The predicted octanol–water partition coefficient (Wildman–Crippen LogP) is 0.853. The maximum Gasteiger partial charge on any atom is 0.236 e. The highest BCUT2D eigenvalue weighted by Gasteiger charge is 2.36. The van der Waals surface area contributed by atoms with Gasteiger partial charge in [-0.1, -0.05) is 18.6 Å². The van der Waals surface area contributed by atoms with Crippen LogP contribution in [0, 0.1) is 11.8 Å². The SMILES string of the molecule is CN(CCC(N)=S)C(=O)CN1CC2CCCC2C1. The van der Waals surface area contributed by atoms with Gasteiger partial charge >= 0.3 is 0 Å². The van der Waals surface area contributed by atoms with Gasteiger partial charge in [0.2, 0.25) is 5.91 Å². The zero-order valence-corrected chi connectivity index (χ0v) is 11.9. The molecule has 0 spiro atoms. The Morgan fingerprint density at radius 3 is 2.56 bits per heavy atom. The number of fused-ring (bicyclic) bond motifs is 1. The summed E-state index contributed by atoms with van der Waals surface area (Å²) in [4.78, 5) is 16.6. The number of thiocarbonyl (C=S) groups is 1. The monoisotopic (exact) mass is 269 g/mol. The molecule has 1 amide bonds. The molecule has 0 aromatic carbocycles. The number of amides is 1. The van der Waals surface area contributed by atoms with E-state index in [0.717, 1.165) is 24.9 Å². The molecule has 1 aliphatic heterocycles. The number of nitrogens with two attached hydrogens (primary N) is 1. The van der Waals surface area contributed by atoms with Crippen LogP contribution in [0.2, 0.25) is 0 Å². The zero-order valence-electron chi connectivity index (χ0n) is 11.1. The number of carbonyl (C=O) groups is 1. The van der Waals surface area contributed by atoms with E-state index in [1.54, 1.807) is 4.90 Å². The molecule has 2 N–H and O–H groups in total. The first kappa shape index (κ1) is 13.7. The summed E-state index contributed by atoms with van der Waals surface area (Å²) in [5.41, 5.74) is 5.45. The molecule has 2 rings (SSSR count). The second kappa shape index (κ2) is 5.97. The molecule has 1 aliphatic carbocycles. The Morgan fingerprint density at radius 2 is 2.00 bits per heavy atom. The molecule has 18 heavy (non-hydrogen) atoms. The van der Waals surface area contributed by atoms with Crippen molar-refractivity contribution in [3.63, 3.8) is 0 Å². The fraction of sp³-hybridized carbons (Fsp3) is 0.846. The maximum atomic E-state index is 12.0. The van der Waals surface area contributed by atoms with Crippen LogP contribution in [0.3, 0.4) is 0 Å². The molecule has 4 nitrogen and oxygen atoms in total. The summed E-state index contributed by atoms with van der Waals surface area (Å²) in [6, 6.07) is 0. The summed E-state index contributed by atoms with van der Waals surface area (Å²) in [6.07, 6.45) is 4.70. The average Bonchev–Trinajstić information content (AvgIpc) is 2.85. The summed E-state index contributed by atoms with van der Waals surface area (Å²) in [5.74, 6) is 1.88. The van der Waals surface area contributed by atoms with E-state index in [-0.39, 0.29) is 5.91 Å². The topological polar surface area (TPSA) is 49.6 Å². The highest BCUT2D eigenvalue weighted by molar-refractivity contribution is 7.80. The Bertz CT molecular complexity index is 322. The standard InChI is InChI=1S/C13H23N3OS/c1-15(6-5-12(14)18)13(17)9-16-7-10-3-2-4-11(10)8-16/h10-11H,2-9H2,1H3,(H2,14,18). The molecule has 102 valence electrons. The highest BCUT2D eigenvalue weighted by atomic mass is 32.1.